The van der Waals surface area contributed by atoms with Gasteiger partial charge < -0.3 is 5.53 Å². The molecule has 6 heteroatoms. The van der Waals surface area contributed by atoms with Gasteiger partial charge in [-0.3, -0.25) is 0 Å². The second-order valence-corrected chi connectivity index (χ2v) is 2.94. The van der Waals surface area contributed by atoms with E-state index < -0.39 is 0 Å². The number of tetrazole rings is 1. The summed E-state index contributed by atoms with van der Waals surface area (Å²) < 4.78 is 1.45. The maximum absolute atomic E-state index is 8.95. The molecule has 1 heterocycles. The van der Waals surface area contributed by atoms with Crippen LogP contribution in [0.2, 0.25) is 0 Å². The van der Waals surface area contributed by atoms with Gasteiger partial charge in [-0.25, -0.2) is 4.68 Å². The molecule has 15 heavy (non-hydrogen) atoms. The maximum Gasteiger partial charge on any atom is 0.368 e. The molecule has 74 valence electrons. The van der Waals surface area contributed by atoms with Crippen LogP contribution in [0.15, 0.2) is 30.3 Å². The minimum Gasteiger partial charge on any atom is -0.361 e. The van der Waals surface area contributed by atoms with Crippen molar-refractivity contribution >= 4 is 5.71 Å². The second kappa shape index (κ2) is 3.81. The molecule has 0 amide bonds. The molecule has 0 unspecified atom stereocenters. The Morgan fingerprint density at radius 1 is 1.33 bits per heavy atom. The molecule has 0 N–H and O–H groups in total. The average Bonchev–Trinajstić information content (AvgIpc) is 2.68. The van der Waals surface area contributed by atoms with Crippen LogP contribution >= 0.6 is 0 Å². The van der Waals surface area contributed by atoms with Crippen molar-refractivity contribution in [3.05, 3.63) is 47.3 Å². The molecule has 0 spiro atoms. The monoisotopic (exact) mass is 200 g/mol. The molecule has 0 fully saturated rings. The lowest BCUT2D eigenvalue weighted by molar-refractivity contribution is -0.00375. The summed E-state index contributed by atoms with van der Waals surface area (Å²) in [5, 5.41) is 10.9. The standard InChI is InChI=1S/C9H8N6/c1-15-9(12-13-14-15)8(11-10)7-5-3-2-4-6-7/h2-6H,1H3. The second-order valence-electron chi connectivity index (χ2n) is 2.94. The number of benzene rings is 1. The zero-order chi connectivity index (χ0) is 10.7. The van der Waals surface area contributed by atoms with E-state index >= 15 is 0 Å². The van der Waals surface area contributed by atoms with Crippen LogP contribution in [0.3, 0.4) is 0 Å². The van der Waals surface area contributed by atoms with E-state index in [1.54, 1.807) is 7.05 Å². The van der Waals surface area contributed by atoms with Gasteiger partial charge >= 0.3 is 5.71 Å². The Morgan fingerprint density at radius 3 is 2.60 bits per heavy atom. The van der Waals surface area contributed by atoms with Crippen LogP contribution < -0.4 is 0 Å². The minimum atomic E-state index is 0.350. The van der Waals surface area contributed by atoms with E-state index in [0.717, 1.165) is 5.56 Å². The van der Waals surface area contributed by atoms with Gasteiger partial charge in [0.1, 0.15) is 0 Å². The highest BCUT2D eigenvalue weighted by atomic mass is 15.5. The van der Waals surface area contributed by atoms with Crippen molar-refractivity contribution in [1.29, 1.82) is 0 Å². The summed E-state index contributed by atoms with van der Waals surface area (Å²) in [5.74, 6) is 0.420. The van der Waals surface area contributed by atoms with Crippen molar-refractivity contribution in [3.8, 4) is 0 Å². The Balaban J connectivity index is 2.53. The van der Waals surface area contributed by atoms with Gasteiger partial charge in [-0.05, 0) is 22.6 Å². The highest BCUT2D eigenvalue weighted by molar-refractivity contribution is 6.06. The van der Waals surface area contributed by atoms with E-state index in [2.05, 4.69) is 20.3 Å². The molecule has 0 aliphatic carbocycles. The summed E-state index contributed by atoms with van der Waals surface area (Å²) in [6.45, 7) is 0. The van der Waals surface area contributed by atoms with E-state index in [-0.39, 0.29) is 0 Å². The van der Waals surface area contributed by atoms with Crippen LogP contribution in [0.4, 0.5) is 0 Å². The van der Waals surface area contributed by atoms with Crippen molar-refractivity contribution in [2.45, 2.75) is 0 Å². The highest BCUT2D eigenvalue weighted by Crippen LogP contribution is 2.04. The molecule has 0 aliphatic heterocycles. The molecular weight excluding hydrogens is 192 g/mol. The number of aryl methyl sites for hydroxylation is 1. The Morgan fingerprint density at radius 2 is 2.07 bits per heavy atom. The van der Waals surface area contributed by atoms with Gasteiger partial charge in [-0.2, -0.15) is 4.79 Å². The fraction of sp³-hybridized carbons (Fsp3) is 0.111. The number of hydrogen-bond donors (Lipinski definition) is 0. The van der Waals surface area contributed by atoms with Crippen LogP contribution in [-0.2, 0) is 7.05 Å². The van der Waals surface area contributed by atoms with E-state index in [4.69, 9.17) is 5.53 Å². The van der Waals surface area contributed by atoms with Crippen molar-refractivity contribution in [3.63, 3.8) is 0 Å². The lowest BCUT2D eigenvalue weighted by Crippen LogP contribution is -2.11. The normalized spacial score (nSPS) is 9.67. The SMILES string of the molecule is Cn1nnnc1C(=[N+]=[N-])c1ccccc1. The van der Waals surface area contributed by atoms with Gasteiger partial charge in [0.25, 0.3) is 5.82 Å². The third-order valence-electron chi connectivity index (χ3n) is 1.98. The minimum absolute atomic E-state index is 0.350. The van der Waals surface area contributed by atoms with Gasteiger partial charge in [-0.1, -0.05) is 18.2 Å². The van der Waals surface area contributed by atoms with Crippen molar-refractivity contribution < 1.29 is 4.79 Å². The van der Waals surface area contributed by atoms with Gasteiger partial charge in [0.2, 0.25) is 0 Å². The molecule has 0 atom stereocenters. The molecule has 0 radical (unpaired) electrons. The maximum atomic E-state index is 8.95. The molecular formula is C9H8N6. The third-order valence-corrected chi connectivity index (χ3v) is 1.98. The van der Waals surface area contributed by atoms with E-state index in [1.165, 1.54) is 4.68 Å². The number of hydrogen-bond acceptors (Lipinski definition) is 3. The zero-order valence-electron chi connectivity index (χ0n) is 8.07. The zero-order valence-corrected chi connectivity index (χ0v) is 8.07. The van der Waals surface area contributed by atoms with Crippen molar-refractivity contribution in [2.75, 3.05) is 0 Å². The first-order valence-corrected chi connectivity index (χ1v) is 4.33. The molecule has 1 aromatic carbocycles. The molecule has 6 nitrogen and oxygen atoms in total. The van der Waals surface area contributed by atoms with Crippen LogP contribution in [-0.4, -0.2) is 30.7 Å². The Bertz CT molecular complexity index is 508. The molecule has 0 saturated heterocycles. The molecule has 2 rings (SSSR count). The van der Waals surface area contributed by atoms with Crippen LogP contribution in [0, 0.1) is 0 Å². The average molecular weight is 200 g/mol. The topological polar surface area (TPSA) is 80.0 Å². The molecule has 1 aromatic heterocycles. The fourth-order valence-electron chi connectivity index (χ4n) is 1.26. The van der Waals surface area contributed by atoms with Gasteiger partial charge in [0.05, 0.1) is 5.56 Å². The predicted molar refractivity (Wildman–Crippen MR) is 52.1 cm³/mol. The quantitative estimate of drug-likeness (QED) is 0.396. The first-order chi connectivity index (χ1) is 7.33. The summed E-state index contributed by atoms with van der Waals surface area (Å²) >= 11 is 0. The van der Waals surface area contributed by atoms with Gasteiger partial charge in [0, 0.05) is 7.05 Å². The molecule has 0 bridgehead atoms. The summed E-state index contributed by atoms with van der Waals surface area (Å²) in [7, 11) is 1.68. The predicted octanol–water partition coefficient (Wildman–Crippen LogP) is 0.277. The van der Waals surface area contributed by atoms with Crippen molar-refractivity contribution in [1.82, 2.24) is 20.2 Å². The largest absolute Gasteiger partial charge is 0.368 e. The van der Waals surface area contributed by atoms with Gasteiger partial charge in [0.15, 0.2) is 0 Å². The van der Waals surface area contributed by atoms with E-state index in [9.17, 15) is 0 Å². The van der Waals surface area contributed by atoms with E-state index in [1.807, 2.05) is 30.3 Å². The first kappa shape index (κ1) is 9.23. The first-order valence-electron chi connectivity index (χ1n) is 4.33. The van der Waals surface area contributed by atoms with E-state index in [0.29, 0.717) is 11.5 Å². The van der Waals surface area contributed by atoms with Crippen LogP contribution in [0.5, 0.6) is 0 Å². The van der Waals surface area contributed by atoms with Gasteiger partial charge in [-0.15, -0.1) is 5.10 Å². The van der Waals surface area contributed by atoms with Crippen LogP contribution in [0.25, 0.3) is 5.53 Å². The smallest absolute Gasteiger partial charge is 0.361 e. The lowest BCUT2D eigenvalue weighted by atomic mass is 10.1. The summed E-state index contributed by atoms with van der Waals surface area (Å²) in [6, 6.07) is 9.23. The molecule has 2 aromatic rings. The third kappa shape index (κ3) is 1.66. The Kier molecular flexibility index (Phi) is 2.35. The number of nitrogens with zero attached hydrogens (tertiary/aromatic N) is 6. The molecule has 0 saturated carbocycles. The number of aromatic nitrogens is 4. The van der Waals surface area contributed by atoms with Crippen molar-refractivity contribution in [2.24, 2.45) is 7.05 Å². The lowest BCUT2D eigenvalue weighted by Gasteiger charge is -1.93. The Hall–Kier alpha value is -2.33. The number of rotatable bonds is 2. The fourth-order valence-corrected chi connectivity index (χ4v) is 1.26. The Labute approximate surface area is 85.8 Å². The summed E-state index contributed by atoms with van der Waals surface area (Å²) in [5.41, 5.74) is 10.1. The highest BCUT2D eigenvalue weighted by Gasteiger charge is 2.21. The van der Waals surface area contributed by atoms with Crippen LogP contribution in [0.1, 0.15) is 11.4 Å². The summed E-state index contributed by atoms with van der Waals surface area (Å²) in [4.78, 5) is 3.21. The summed E-state index contributed by atoms with van der Waals surface area (Å²) in [6.07, 6.45) is 0. The molecule has 0 aliphatic rings.